The fourth-order valence-corrected chi connectivity index (χ4v) is 3.12. The van der Waals surface area contributed by atoms with Gasteiger partial charge >= 0.3 is 5.97 Å². The van der Waals surface area contributed by atoms with Crippen LogP contribution in [-0.4, -0.2) is 10.5 Å². The summed E-state index contributed by atoms with van der Waals surface area (Å²) in [4.78, 5) is 25.1. The maximum Gasteiger partial charge on any atom is 0.349 e. The monoisotopic (exact) mass is 447 g/mol. The predicted octanol–water partition coefficient (Wildman–Crippen LogP) is 5.04. The van der Waals surface area contributed by atoms with Crippen LogP contribution in [0.4, 0.5) is 26.3 Å². The van der Waals surface area contributed by atoms with Gasteiger partial charge in [0.15, 0.2) is 0 Å². The van der Waals surface area contributed by atoms with E-state index in [1.165, 1.54) is 10.6 Å². The number of ether oxygens (including phenoxy) is 1. The molecular weight excluding hydrogens is 440 g/mol. The fourth-order valence-electron chi connectivity index (χ4n) is 2.97. The number of benzene rings is 2. The second kappa shape index (κ2) is 7.05. The number of nitrogens with zero attached hydrogens (tertiary/aromatic N) is 1. The predicted molar refractivity (Wildman–Crippen MR) is 92.6 cm³/mol. The number of carbonyl (C=O) groups is 1. The van der Waals surface area contributed by atoms with Crippen LogP contribution in [0.3, 0.4) is 0 Å². The summed E-state index contributed by atoms with van der Waals surface area (Å²) in [5.41, 5.74) is -1.63. The molecule has 1 aliphatic carbocycles. The second-order valence-corrected chi connectivity index (χ2v) is 6.99. The molecular formula is C19H8ClF6NO3. The SMILES string of the molecule is O=C(Oc1c(F)c(F)c(F)c(F)c1F)c1cn(C2CC2)c2cc(Cl)c(F)cc2c1=O. The van der Waals surface area contributed by atoms with E-state index in [0.29, 0.717) is 12.8 Å². The van der Waals surface area contributed by atoms with Crippen LogP contribution < -0.4 is 10.2 Å². The number of rotatable bonds is 3. The van der Waals surface area contributed by atoms with Gasteiger partial charge in [-0.05, 0) is 25.0 Å². The normalized spacial score (nSPS) is 13.7. The number of fused-ring (bicyclic) bond motifs is 1. The molecule has 1 aromatic heterocycles. The molecule has 0 atom stereocenters. The molecule has 11 heteroatoms. The van der Waals surface area contributed by atoms with Crippen molar-refractivity contribution in [3.05, 3.63) is 74.0 Å². The van der Waals surface area contributed by atoms with Gasteiger partial charge in [-0.15, -0.1) is 0 Å². The summed E-state index contributed by atoms with van der Waals surface area (Å²) in [7, 11) is 0. The minimum absolute atomic E-state index is 0.157. The van der Waals surface area contributed by atoms with Gasteiger partial charge in [-0.25, -0.2) is 22.4 Å². The molecule has 0 bridgehead atoms. The van der Waals surface area contributed by atoms with Gasteiger partial charge in [-0.2, -0.15) is 8.78 Å². The number of halogens is 7. The van der Waals surface area contributed by atoms with Crippen molar-refractivity contribution in [3.8, 4) is 5.75 Å². The van der Waals surface area contributed by atoms with Crippen LogP contribution in [-0.2, 0) is 0 Å². The standard InChI is InChI=1S/C19H8ClF6NO3/c20-9-4-11-7(3-10(9)21)17(28)8(5-27(11)6-1-2-6)19(29)30-18-15(25)13(23)12(22)14(24)16(18)26/h3-6H,1-2H2. The van der Waals surface area contributed by atoms with Gasteiger partial charge in [0, 0.05) is 17.6 Å². The Hall–Kier alpha value is -3.01. The maximum atomic E-state index is 13.9. The van der Waals surface area contributed by atoms with Crippen molar-refractivity contribution in [1.82, 2.24) is 4.57 Å². The maximum absolute atomic E-state index is 13.9. The third-order valence-corrected chi connectivity index (χ3v) is 4.89. The van der Waals surface area contributed by atoms with Gasteiger partial charge in [0.1, 0.15) is 11.4 Å². The molecule has 0 saturated heterocycles. The average molecular weight is 448 g/mol. The Morgan fingerprint density at radius 3 is 2.10 bits per heavy atom. The van der Waals surface area contributed by atoms with Crippen molar-refractivity contribution in [2.45, 2.75) is 18.9 Å². The average Bonchev–Trinajstić information content (AvgIpc) is 3.55. The first-order valence-electron chi connectivity index (χ1n) is 8.39. The lowest BCUT2D eigenvalue weighted by atomic mass is 10.1. The molecule has 0 N–H and O–H groups in total. The molecule has 0 aliphatic heterocycles. The van der Waals surface area contributed by atoms with Crippen molar-refractivity contribution < 1.29 is 35.9 Å². The summed E-state index contributed by atoms with van der Waals surface area (Å²) >= 11 is 5.76. The first-order valence-corrected chi connectivity index (χ1v) is 8.77. The van der Waals surface area contributed by atoms with Gasteiger partial charge in [0.2, 0.25) is 40.3 Å². The van der Waals surface area contributed by atoms with E-state index in [9.17, 15) is 35.9 Å². The summed E-state index contributed by atoms with van der Waals surface area (Å²) in [6.45, 7) is 0. The third kappa shape index (κ3) is 3.11. The zero-order valence-electron chi connectivity index (χ0n) is 14.5. The highest BCUT2D eigenvalue weighted by atomic mass is 35.5. The number of carbonyl (C=O) groups excluding carboxylic acids is 1. The number of hydrogen-bond acceptors (Lipinski definition) is 3. The highest BCUT2D eigenvalue weighted by Gasteiger charge is 2.31. The van der Waals surface area contributed by atoms with Gasteiger partial charge in [0.25, 0.3) is 0 Å². The van der Waals surface area contributed by atoms with Crippen LogP contribution in [0.15, 0.2) is 23.1 Å². The van der Waals surface area contributed by atoms with Crippen LogP contribution in [0.2, 0.25) is 5.02 Å². The smallest absolute Gasteiger partial charge is 0.349 e. The van der Waals surface area contributed by atoms with Crippen LogP contribution in [0.25, 0.3) is 10.9 Å². The Kier molecular flexibility index (Phi) is 4.76. The molecule has 0 unspecified atom stereocenters. The highest BCUT2D eigenvalue weighted by Crippen LogP contribution is 2.38. The molecule has 4 nitrogen and oxygen atoms in total. The Bertz CT molecular complexity index is 1270. The molecule has 0 spiro atoms. The minimum Gasteiger partial charge on any atom is -0.416 e. The quantitative estimate of drug-likeness (QED) is 0.186. The lowest BCUT2D eigenvalue weighted by Gasteiger charge is -2.14. The van der Waals surface area contributed by atoms with E-state index in [0.717, 1.165) is 12.3 Å². The molecule has 2 aromatic carbocycles. The minimum atomic E-state index is -2.43. The summed E-state index contributed by atoms with van der Waals surface area (Å²) < 4.78 is 87.1. The molecule has 3 aromatic rings. The second-order valence-electron chi connectivity index (χ2n) is 6.58. The van der Waals surface area contributed by atoms with Crippen LogP contribution >= 0.6 is 11.6 Å². The first kappa shape index (κ1) is 20.3. The largest absolute Gasteiger partial charge is 0.416 e. The van der Waals surface area contributed by atoms with Gasteiger partial charge < -0.3 is 9.30 Å². The summed E-state index contributed by atoms with van der Waals surface area (Å²) in [6.07, 6.45) is 2.35. The number of pyridine rings is 1. The van der Waals surface area contributed by atoms with Gasteiger partial charge in [-0.1, -0.05) is 11.6 Å². The molecule has 4 rings (SSSR count). The molecule has 1 aliphatic rings. The topological polar surface area (TPSA) is 48.3 Å². The third-order valence-electron chi connectivity index (χ3n) is 4.60. The first-order chi connectivity index (χ1) is 14.1. The number of esters is 1. The molecule has 30 heavy (non-hydrogen) atoms. The van der Waals surface area contributed by atoms with Crippen LogP contribution in [0.5, 0.6) is 5.75 Å². The van der Waals surface area contributed by atoms with E-state index in [1.54, 1.807) is 0 Å². The van der Waals surface area contributed by atoms with E-state index >= 15 is 0 Å². The fraction of sp³-hybridized carbons (Fsp3) is 0.158. The highest BCUT2D eigenvalue weighted by molar-refractivity contribution is 6.31. The van der Waals surface area contributed by atoms with Crippen molar-refractivity contribution >= 4 is 28.5 Å². The van der Waals surface area contributed by atoms with Crippen LogP contribution in [0, 0.1) is 34.9 Å². The summed E-state index contributed by atoms with van der Waals surface area (Å²) in [5, 5.41) is -0.538. The Labute approximate surface area is 168 Å². The van der Waals surface area contributed by atoms with E-state index in [-0.39, 0.29) is 22.0 Å². The van der Waals surface area contributed by atoms with Gasteiger partial charge in [-0.3, -0.25) is 4.79 Å². The van der Waals surface area contributed by atoms with Crippen molar-refractivity contribution in [1.29, 1.82) is 0 Å². The van der Waals surface area contributed by atoms with E-state index < -0.39 is 57.6 Å². The molecule has 1 fully saturated rings. The Balaban J connectivity index is 1.87. The molecule has 0 amide bonds. The van der Waals surface area contributed by atoms with Gasteiger partial charge in [0.05, 0.1) is 10.5 Å². The summed E-state index contributed by atoms with van der Waals surface area (Å²) in [6, 6.07) is 1.81. The molecule has 0 radical (unpaired) electrons. The lowest BCUT2D eigenvalue weighted by Crippen LogP contribution is -2.23. The summed E-state index contributed by atoms with van der Waals surface area (Å²) in [5.74, 6) is -16.3. The van der Waals surface area contributed by atoms with E-state index in [1.807, 2.05) is 0 Å². The zero-order valence-corrected chi connectivity index (χ0v) is 15.3. The Morgan fingerprint density at radius 2 is 1.53 bits per heavy atom. The van der Waals surface area contributed by atoms with E-state index in [2.05, 4.69) is 4.74 Å². The molecule has 1 saturated carbocycles. The molecule has 156 valence electrons. The van der Waals surface area contributed by atoms with Crippen LogP contribution in [0.1, 0.15) is 29.2 Å². The van der Waals surface area contributed by atoms with Crippen molar-refractivity contribution in [2.24, 2.45) is 0 Å². The zero-order chi connectivity index (χ0) is 21.9. The lowest BCUT2D eigenvalue weighted by molar-refractivity contribution is 0.0714. The number of hydrogen-bond donors (Lipinski definition) is 0. The van der Waals surface area contributed by atoms with Crippen molar-refractivity contribution in [2.75, 3.05) is 0 Å². The Morgan fingerprint density at radius 1 is 0.967 bits per heavy atom. The van der Waals surface area contributed by atoms with Crippen molar-refractivity contribution in [3.63, 3.8) is 0 Å². The number of aromatic nitrogens is 1. The van der Waals surface area contributed by atoms with E-state index in [4.69, 9.17) is 11.6 Å². The molecule has 1 heterocycles.